The Morgan fingerprint density at radius 3 is 1.67 bits per heavy atom. The summed E-state index contributed by atoms with van der Waals surface area (Å²) in [6, 6.07) is 27.8. The predicted octanol–water partition coefficient (Wildman–Crippen LogP) is 8.25. The van der Waals surface area contributed by atoms with Gasteiger partial charge in [0.2, 0.25) is 0 Å². The zero-order chi connectivity index (χ0) is 24.1. The van der Waals surface area contributed by atoms with Gasteiger partial charge in [0, 0.05) is 25.6 Å². The first kappa shape index (κ1) is 26.1. The number of benzene rings is 4. The molecular weight excluding hydrogens is 527 g/mol. The van der Waals surface area contributed by atoms with Crippen molar-refractivity contribution in [1.29, 1.82) is 0 Å². The van der Waals surface area contributed by atoms with Crippen molar-refractivity contribution in [1.82, 2.24) is 0 Å². The molecule has 0 saturated heterocycles. The van der Waals surface area contributed by atoms with Crippen molar-refractivity contribution >= 4 is 51.7 Å². The summed E-state index contributed by atoms with van der Waals surface area (Å²) < 4.78 is 6.50. The molecule has 0 atom stereocenters. The molecule has 168 valence electrons. The van der Waals surface area contributed by atoms with Gasteiger partial charge < -0.3 is 9.84 Å². The highest BCUT2D eigenvalue weighted by atomic mass is 79.9. The van der Waals surface area contributed by atoms with E-state index in [1.807, 2.05) is 12.1 Å². The lowest BCUT2D eigenvalue weighted by Gasteiger charge is -2.05. The average Bonchev–Trinajstić information content (AvgIpc) is 2.80. The molecule has 0 heterocycles. The summed E-state index contributed by atoms with van der Waals surface area (Å²) in [4.78, 5) is 20.7. The van der Waals surface area contributed by atoms with Crippen molar-refractivity contribution in [3.8, 4) is 17.2 Å². The monoisotopic (exact) mass is 544 g/mol. The molecule has 0 aliphatic rings. The van der Waals surface area contributed by atoms with Crippen LogP contribution >= 0.6 is 39.1 Å². The molecule has 0 radical (unpaired) electrons. The van der Waals surface area contributed by atoms with Crippen LogP contribution in [0.4, 0.5) is 0 Å². The fourth-order valence-electron chi connectivity index (χ4n) is 2.37. The molecule has 0 aliphatic heterocycles. The Bertz CT molecular complexity index is 1180. The third-order valence-electron chi connectivity index (χ3n) is 3.82. The second-order valence-corrected chi connectivity index (χ2v) is 8.19. The first-order chi connectivity index (χ1) is 15.9. The van der Waals surface area contributed by atoms with Gasteiger partial charge in [-0.25, -0.2) is 0 Å². The second kappa shape index (κ2) is 14.1. The number of aldehydes is 2. The van der Waals surface area contributed by atoms with Crippen molar-refractivity contribution < 1.29 is 19.4 Å². The predicted molar refractivity (Wildman–Crippen MR) is 136 cm³/mol. The van der Waals surface area contributed by atoms with E-state index in [0.29, 0.717) is 32.7 Å². The zero-order valence-corrected chi connectivity index (χ0v) is 20.3. The van der Waals surface area contributed by atoms with Gasteiger partial charge in [-0.1, -0.05) is 75.5 Å². The van der Waals surface area contributed by atoms with Gasteiger partial charge in [0.25, 0.3) is 0 Å². The third kappa shape index (κ3) is 10.4. The van der Waals surface area contributed by atoms with Gasteiger partial charge in [-0.3, -0.25) is 9.59 Å². The van der Waals surface area contributed by atoms with Crippen molar-refractivity contribution in [2.75, 3.05) is 0 Å². The van der Waals surface area contributed by atoms with E-state index >= 15 is 0 Å². The smallest absolute Gasteiger partial charge is 0.150 e. The number of halogens is 3. The van der Waals surface area contributed by atoms with E-state index in [4.69, 9.17) is 33.0 Å². The summed E-state index contributed by atoms with van der Waals surface area (Å²) in [5.74, 6) is 1.47. The van der Waals surface area contributed by atoms with Crippen LogP contribution in [0, 0.1) is 0 Å². The summed E-state index contributed by atoms with van der Waals surface area (Å²) in [5.41, 5.74) is 1.28. The number of ether oxygens (including phenoxy) is 1. The van der Waals surface area contributed by atoms with Crippen LogP contribution in [0.3, 0.4) is 0 Å². The molecule has 4 aromatic carbocycles. The molecule has 0 fully saturated rings. The summed E-state index contributed by atoms with van der Waals surface area (Å²) in [5, 5.41) is 9.90. The van der Waals surface area contributed by atoms with Crippen LogP contribution in [0.5, 0.6) is 17.2 Å². The van der Waals surface area contributed by atoms with Crippen LogP contribution in [0.25, 0.3) is 0 Å². The van der Waals surface area contributed by atoms with E-state index < -0.39 is 0 Å². The van der Waals surface area contributed by atoms with Gasteiger partial charge in [0.15, 0.2) is 0 Å². The fourth-order valence-corrected chi connectivity index (χ4v) is 3.16. The molecule has 33 heavy (non-hydrogen) atoms. The minimum atomic E-state index is 0.206. The molecule has 7 heteroatoms. The Balaban J connectivity index is 0.000000192. The van der Waals surface area contributed by atoms with Gasteiger partial charge in [-0.15, -0.1) is 0 Å². The SMILES string of the molecule is O=Cc1cccc(Br)c1.O=Cc1cccc(Oc2cccc(Cl)c2)c1.Oc1cccc(Cl)c1. The fraction of sp³-hybridized carbons (Fsp3) is 0. The van der Waals surface area contributed by atoms with E-state index in [1.54, 1.807) is 78.9 Å². The van der Waals surface area contributed by atoms with Crippen LogP contribution in [0.2, 0.25) is 10.0 Å². The number of phenolic OH excluding ortho intramolecular Hbond substituents is 1. The molecule has 0 saturated carbocycles. The van der Waals surface area contributed by atoms with Gasteiger partial charge in [0.1, 0.15) is 29.8 Å². The molecule has 0 amide bonds. The van der Waals surface area contributed by atoms with E-state index in [1.165, 1.54) is 6.07 Å². The topological polar surface area (TPSA) is 63.6 Å². The maximum atomic E-state index is 10.6. The van der Waals surface area contributed by atoms with Crippen LogP contribution in [0.15, 0.2) is 102 Å². The Kier molecular flexibility index (Phi) is 11.2. The Morgan fingerprint density at radius 2 is 1.18 bits per heavy atom. The number of aromatic hydroxyl groups is 1. The Morgan fingerprint density at radius 1 is 0.667 bits per heavy atom. The molecule has 0 aliphatic carbocycles. The van der Waals surface area contributed by atoms with Crippen LogP contribution < -0.4 is 4.74 Å². The number of phenols is 1. The summed E-state index contributed by atoms with van der Waals surface area (Å²) in [7, 11) is 0. The lowest BCUT2D eigenvalue weighted by atomic mass is 10.2. The maximum absolute atomic E-state index is 10.6. The molecule has 4 nitrogen and oxygen atoms in total. The normalized spacial score (nSPS) is 9.42. The van der Waals surface area contributed by atoms with Crippen LogP contribution in [0.1, 0.15) is 20.7 Å². The van der Waals surface area contributed by atoms with Gasteiger partial charge in [-0.05, 0) is 60.7 Å². The number of rotatable bonds is 4. The molecular formula is C26H19BrCl2O4. The summed E-state index contributed by atoms with van der Waals surface area (Å²) >= 11 is 14.6. The lowest BCUT2D eigenvalue weighted by Crippen LogP contribution is -1.85. The minimum Gasteiger partial charge on any atom is -0.508 e. The van der Waals surface area contributed by atoms with Crippen molar-refractivity contribution in [3.05, 3.63) is 123 Å². The number of hydrogen-bond acceptors (Lipinski definition) is 4. The van der Waals surface area contributed by atoms with Gasteiger partial charge >= 0.3 is 0 Å². The standard InChI is InChI=1S/C13H9ClO2.C7H5BrO.C6H5ClO/c14-11-4-2-6-13(8-11)16-12-5-1-3-10(7-12)9-15;8-7-3-1-2-6(4-7)5-9;7-5-2-1-3-6(8)4-5/h1-9H;1-5H;1-4,8H. The largest absolute Gasteiger partial charge is 0.508 e. The highest BCUT2D eigenvalue weighted by Gasteiger charge is 1.99. The first-order valence-corrected chi connectivity index (χ1v) is 11.1. The highest BCUT2D eigenvalue weighted by molar-refractivity contribution is 9.10. The van der Waals surface area contributed by atoms with Crippen molar-refractivity contribution in [2.45, 2.75) is 0 Å². The summed E-state index contributed by atoms with van der Waals surface area (Å²) in [6.07, 6.45) is 1.61. The Hall–Kier alpha value is -3.12. The Labute approximate surface area is 210 Å². The quantitative estimate of drug-likeness (QED) is 0.262. The highest BCUT2D eigenvalue weighted by Crippen LogP contribution is 2.24. The van der Waals surface area contributed by atoms with Crippen molar-refractivity contribution in [3.63, 3.8) is 0 Å². The molecule has 4 aromatic rings. The van der Waals surface area contributed by atoms with Gasteiger partial charge in [0.05, 0.1) is 0 Å². The van der Waals surface area contributed by atoms with Crippen LogP contribution in [-0.2, 0) is 0 Å². The summed E-state index contributed by atoms with van der Waals surface area (Å²) in [6.45, 7) is 0. The first-order valence-electron chi connectivity index (χ1n) is 9.53. The molecule has 0 unspecified atom stereocenters. The minimum absolute atomic E-state index is 0.206. The van der Waals surface area contributed by atoms with E-state index in [9.17, 15) is 9.59 Å². The van der Waals surface area contributed by atoms with Crippen molar-refractivity contribution in [2.24, 2.45) is 0 Å². The second-order valence-electron chi connectivity index (χ2n) is 6.40. The van der Waals surface area contributed by atoms with E-state index in [0.717, 1.165) is 17.0 Å². The van der Waals surface area contributed by atoms with Gasteiger partial charge in [-0.2, -0.15) is 0 Å². The molecule has 0 aromatic heterocycles. The number of hydrogen-bond donors (Lipinski definition) is 1. The third-order valence-corrected chi connectivity index (χ3v) is 4.78. The number of carbonyl (C=O) groups excluding carboxylic acids is 2. The molecule has 0 bridgehead atoms. The van der Waals surface area contributed by atoms with E-state index in [2.05, 4.69) is 15.9 Å². The maximum Gasteiger partial charge on any atom is 0.150 e. The molecule has 1 N–H and O–H groups in total. The lowest BCUT2D eigenvalue weighted by molar-refractivity contribution is 0.111. The molecule has 0 spiro atoms. The van der Waals surface area contributed by atoms with Crippen LogP contribution in [-0.4, -0.2) is 17.7 Å². The number of carbonyl (C=O) groups is 2. The molecule has 4 rings (SSSR count). The average molecular weight is 546 g/mol. The zero-order valence-electron chi connectivity index (χ0n) is 17.2. The van der Waals surface area contributed by atoms with E-state index in [-0.39, 0.29) is 5.75 Å².